The number of benzene rings is 1. The standard InChI is InChI=1S/C31H31FN8O5/c1-17-9-27-33-13-20(14-40(27)36-17)19-7-8-24-23(10-19)30(18(2)41)37-39(24)16-28(42)38-15-21(32)11-25(38)31(44)35-26-6-4-5-22(34-26)12-29(43)45-3/h4-10,13-14,21,25,29,43H,11-12,15-16H2,1-3H3,(H,34,35,44)/t21-,25+,29?/m1/s1. The summed E-state index contributed by atoms with van der Waals surface area (Å²) in [6.07, 6.45) is 1.06. The first kappa shape index (κ1) is 30.0. The van der Waals surface area contributed by atoms with E-state index in [0.717, 1.165) is 16.8 Å². The summed E-state index contributed by atoms with van der Waals surface area (Å²) in [6, 6.07) is 11.1. The fourth-order valence-electron chi connectivity index (χ4n) is 5.55. The fourth-order valence-corrected chi connectivity index (χ4v) is 5.55. The van der Waals surface area contributed by atoms with E-state index in [0.29, 0.717) is 22.2 Å². The zero-order valence-electron chi connectivity index (χ0n) is 24.8. The maximum absolute atomic E-state index is 14.6. The van der Waals surface area contributed by atoms with E-state index in [-0.39, 0.29) is 43.2 Å². The van der Waals surface area contributed by atoms with Gasteiger partial charge in [-0.3, -0.25) is 19.1 Å². The summed E-state index contributed by atoms with van der Waals surface area (Å²) in [5.41, 5.74) is 4.31. The average Bonchev–Trinajstić information content (AvgIpc) is 3.70. The molecule has 0 radical (unpaired) electrons. The molecule has 2 N–H and O–H groups in total. The van der Waals surface area contributed by atoms with Crippen LogP contribution in [0.3, 0.4) is 0 Å². The second-order valence-electron chi connectivity index (χ2n) is 11.0. The summed E-state index contributed by atoms with van der Waals surface area (Å²) >= 11 is 0. The Balaban J connectivity index is 1.23. The molecule has 1 unspecified atom stereocenters. The van der Waals surface area contributed by atoms with Crippen molar-refractivity contribution in [2.75, 3.05) is 19.0 Å². The van der Waals surface area contributed by atoms with Crippen LogP contribution in [0.25, 0.3) is 27.7 Å². The number of aromatic nitrogens is 6. The van der Waals surface area contributed by atoms with E-state index in [4.69, 9.17) is 4.74 Å². The van der Waals surface area contributed by atoms with Gasteiger partial charge in [-0.25, -0.2) is 18.9 Å². The summed E-state index contributed by atoms with van der Waals surface area (Å²) in [5.74, 6) is -1.19. The molecule has 1 aromatic carbocycles. The van der Waals surface area contributed by atoms with Gasteiger partial charge in [0.05, 0.1) is 17.8 Å². The zero-order chi connectivity index (χ0) is 31.8. The van der Waals surface area contributed by atoms with Gasteiger partial charge in [-0.1, -0.05) is 12.1 Å². The number of amides is 2. The maximum atomic E-state index is 14.6. The van der Waals surface area contributed by atoms with E-state index < -0.39 is 30.3 Å². The van der Waals surface area contributed by atoms with Gasteiger partial charge in [0.2, 0.25) is 11.8 Å². The van der Waals surface area contributed by atoms with Crippen LogP contribution in [0.1, 0.15) is 35.2 Å². The molecule has 5 heterocycles. The number of Topliss-reactive ketones (excluding diaryl/α,β-unsaturated/α-hetero) is 1. The molecule has 0 aliphatic carbocycles. The molecular weight excluding hydrogens is 583 g/mol. The SMILES string of the molecule is COC(O)Cc1cccc(NC(=O)[C@@H]2C[C@@H](F)CN2C(=O)Cn2nc(C(C)=O)c3cc(-c4cnc5cc(C)nn5c4)ccc32)n1. The predicted molar refractivity (Wildman–Crippen MR) is 161 cm³/mol. The van der Waals surface area contributed by atoms with Gasteiger partial charge in [0, 0.05) is 62.0 Å². The molecule has 3 atom stereocenters. The molecule has 1 fully saturated rings. The number of aliphatic hydroxyl groups is 1. The van der Waals surface area contributed by atoms with Gasteiger partial charge in [-0.05, 0) is 36.8 Å². The van der Waals surface area contributed by atoms with Gasteiger partial charge in [0.25, 0.3) is 0 Å². The Bertz CT molecular complexity index is 1940. The monoisotopic (exact) mass is 614 g/mol. The Kier molecular flexibility index (Phi) is 8.08. The van der Waals surface area contributed by atoms with Gasteiger partial charge < -0.3 is 20.1 Å². The number of aliphatic hydroxyl groups excluding tert-OH is 1. The van der Waals surface area contributed by atoms with Crippen molar-refractivity contribution in [3.63, 3.8) is 0 Å². The quantitative estimate of drug-likeness (QED) is 0.188. The molecule has 0 spiro atoms. The smallest absolute Gasteiger partial charge is 0.248 e. The van der Waals surface area contributed by atoms with Crippen molar-refractivity contribution < 1.29 is 28.6 Å². The van der Waals surface area contributed by atoms with Crippen molar-refractivity contribution in [3.05, 3.63) is 71.9 Å². The number of alkyl halides is 1. The molecule has 232 valence electrons. The van der Waals surface area contributed by atoms with Gasteiger partial charge in [0.15, 0.2) is 17.7 Å². The Morgan fingerprint density at radius 3 is 2.76 bits per heavy atom. The first-order valence-electron chi connectivity index (χ1n) is 14.3. The summed E-state index contributed by atoms with van der Waals surface area (Å²) in [4.78, 5) is 49.3. The lowest BCUT2D eigenvalue weighted by Gasteiger charge is -2.23. The van der Waals surface area contributed by atoms with E-state index in [9.17, 15) is 23.9 Å². The topological polar surface area (TPSA) is 157 Å². The Labute approximate surface area is 256 Å². The minimum Gasteiger partial charge on any atom is -0.368 e. The molecule has 5 aromatic rings. The van der Waals surface area contributed by atoms with Gasteiger partial charge in [-0.2, -0.15) is 10.2 Å². The highest BCUT2D eigenvalue weighted by Crippen LogP contribution is 2.28. The third-order valence-corrected chi connectivity index (χ3v) is 7.72. The van der Waals surface area contributed by atoms with Crippen LogP contribution in [0.4, 0.5) is 10.2 Å². The number of nitrogens with zero attached hydrogens (tertiary/aromatic N) is 7. The van der Waals surface area contributed by atoms with Crippen LogP contribution in [0, 0.1) is 6.92 Å². The summed E-state index contributed by atoms with van der Waals surface area (Å²) < 4.78 is 22.6. The van der Waals surface area contributed by atoms with Crippen LogP contribution in [0.2, 0.25) is 0 Å². The van der Waals surface area contributed by atoms with Crippen LogP contribution in [0.15, 0.2) is 54.9 Å². The lowest BCUT2D eigenvalue weighted by molar-refractivity contribution is -0.137. The number of carbonyl (C=O) groups excluding carboxylic acids is 3. The molecule has 4 aromatic heterocycles. The zero-order valence-corrected chi connectivity index (χ0v) is 24.8. The third-order valence-electron chi connectivity index (χ3n) is 7.72. The Hall–Kier alpha value is -5.08. The average molecular weight is 615 g/mol. The Morgan fingerprint density at radius 1 is 1.16 bits per heavy atom. The number of ketones is 1. The number of pyridine rings is 1. The van der Waals surface area contributed by atoms with Crippen LogP contribution in [-0.2, 0) is 27.3 Å². The highest BCUT2D eigenvalue weighted by atomic mass is 19.1. The second-order valence-corrected chi connectivity index (χ2v) is 11.0. The lowest BCUT2D eigenvalue weighted by Crippen LogP contribution is -2.44. The van der Waals surface area contributed by atoms with Gasteiger partial charge in [0.1, 0.15) is 30.3 Å². The number of rotatable bonds is 9. The number of hydrogen-bond acceptors (Lipinski definition) is 9. The van der Waals surface area contributed by atoms with E-state index in [1.165, 1.54) is 23.6 Å². The molecule has 1 aliphatic heterocycles. The van der Waals surface area contributed by atoms with Crippen LogP contribution in [-0.4, -0.2) is 89.1 Å². The van der Waals surface area contributed by atoms with Crippen LogP contribution in [0.5, 0.6) is 0 Å². The summed E-state index contributed by atoms with van der Waals surface area (Å²) in [6.45, 7) is 2.72. The molecule has 14 heteroatoms. The third kappa shape index (κ3) is 6.14. The number of aryl methyl sites for hydroxylation is 1. The molecule has 1 saturated heterocycles. The van der Waals surface area contributed by atoms with Crippen molar-refractivity contribution in [3.8, 4) is 11.1 Å². The fraction of sp³-hybridized carbons (Fsp3) is 0.323. The van der Waals surface area contributed by atoms with Gasteiger partial charge in [-0.15, -0.1) is 0 Å². The van der Waals surface area contributed by atoms with Crippen LogP contribution < -0.4 is 5.32 Å². The van der Waals surface area contributed by atoms with Gasteiger partial charge >= 0.3 is 0 Å². The molecule has 0 saturated carbocycles. The second kappa shape index (κ2) is 12.1. The normalized spacial score (nSPS) is 17.2. The highest BCUT2D eigenvalue weighted by Gasteiger charge is 2.40. The summed E-state index contributed by atoms with van der Waals surface area (Å²) in [5, 5.41) is 21.8. The molecule has 0 bridgehead atoms. The van der Waals surface area contributed by atoms with E-state index >= 15 is 0 Å². The number of halogens is 1. The summed E-state index contributed by atoms with van der Waals surface area (Å²) in [7, 11) is 1.36. The maximum Gasteiger partial charge on any atom is 0.248 e. The molecule has 6 rings (SSSR count). The van der Waals surface area contributed by atoms with E-state index in [2.05, 4.69) is 25.5 Å². The molecule has 45 heavy (non-hydrogen) atoms. The number of ether oxygens (including phenoxy) is 1. The number of nitrogens with one attached hydrogen (secondary N) is 1. The van der Waals surface area contributed by atoms with Crippen molar-refractivity contribution in [1.82, 2.24) is 34.3 Å². The van der Waals surface area contributed by atoms with Crippen molar-refractivity contribution in [2.45, 2.75) is 51.7 Å². The first-order chi connectivity index (χ1) is 21.6. The highest BCUT2D eigenvalue weighted by molar-refractivity contribution is 6.06. The first-order valence-corrected chi connectivity index (χ1v) is 14.3. The van der Waals surface area contributed by atoms with Crippen LogP contribution >= 0.6 is 0 Å². The number of hydrogen-bond donors (Lipinski definition) is 2. The van der Waals surface area contributed by atoms with E-state index in [1.807, 2.05) is 31.3 Å². The number of carbonyl (C=O) groups is 3. The molecule has 13 nitrogen and oxygen atoms in total. The minimum atomic E-state index is -1.39. The van der Waals surface area contributed by atoms with Crippen molar-refractivity contribution in [2.24, 2.45) is 0 Å². The Morgan fingerprint density at radius 2 is 1.98 bits per heavy atom. The predicted octanol–water partition coefficient (Wildman–Crippen LogP) is 2.74. The number of methoxy groups -OCH3 is 1. The van der Waals surface area contributed by atoms with Crippen molar-refractivity contribution in [1.29, 1.82) is 0 Å². The number of fused-ring (bicyclic) bond motifs is 2. The number of anilines is 1. The van der Waals surface area contributed by atoms with E-state index in [1.54, 1.807) is 35.0 Å². The lowest BCUT2D eigenvalue weighted by atomic mass is 10.0. The largest absolute Gasteiger partial charge is 0.368 e. The number of likely N-dealkylation sites (tertiary alicyclic amines) is 1. The molecule has 2 amide bonds. The molecular formula is C31H31FN8O5. The van der Waals surface area contributed by atoms with Crippen molar-refractivity contribution >= 4 is 40.0 Å². The minimum absolute atomic E-state index is 0.110. The molecule has 1 aliphatic rings.